The highest BCUT2D eigenvalue weighted by atomic mass is 19.4. The Labute approximate surface area is 227 Å². The van der Waals surface area contributed by atoms with Crippen molar-refractivity contribution < 1.29 is 47.0 Å². The van der Waals surface area contributed by atoms with Crippen LogP contribution < -0.4 is 15.5 Å². The van der Waals surface area contributed by atoms with Crippen LogP contribution in [0.3, 0.4) is 0 Å². The van der Waals surface area contributed by atoms with E-state index in [0.29, 0.717) is 44.0 Å². The second-order valence-electron chi connectivity index (χ2n) is 8.81. The van der Waals surface area contributed by atoms with E-state index in [1.54, 1.807) is 6.07 Å². The third-order valence-corrected chi connectivity index (χ3v) is 5.73. The molecule has 1 fully saturated rings. The molecule has 2 aromatic carbocycles. The molecule has 4 N–H and O–H groups in total. The van der Waals surface area contributed by atoms with Crippen molar-refractivity contribution in [2.75, 3.05) is 48.3 Å². The molecule has 0 aliphatic carbocycles. The van der Waals surface area contributed by atoms with Gasteiger partial charge in [-0.15, -0.1) is 0 Å². The van der Waals surface area contributed by atoms with Gasteiger partial charge in [-0.05, 0) is 48.9 Å². The van der Waals surface area contributed by atoms with Crippen LogP contribution in [0.5, 0.6) is 0 Å². The second-order valence-corrected chi connectivity index (χ2v) is 8.81. The van der Waals surface area contributed by atoms with Gasteiger partial charge in [-0.25, -0.2) is 14.0 Å². The monoisotopic (exact) mass is 570 g/mol. The first-order valence-electron chi connectivity index (χ1n) is 12.3. The van der Waals surface area contributed by atoms with E-state index in [-0.39, 0.29) is 29.7 Å². The summed E-state index contributed by atoms with van der Waals surface area (Å²) in [6, 6.07) is 10.4. The molecular formula is C26H30F4N4O6. The normalized spacial score (nSPS) is 13.6. The number of carbonyl (C=O) groups excluding carboxylic acids is 2. The molecule has 2 aromatic rings. The van der Waals surface area contributed by atoms with Crippen LogP contribution in [-0.2, 0) is 14.4 Å². The number of nitrogens with one attached hydrogen (secondary N) is 2. The van der Waals surface area contributed by atoms with Crippen molar-refractivity contribution in [3.05, 3.63) is 53.8 Å². The van der Waals surface area contributed by atoms with Crippen LogP contribution in [0.4, 0.5) is 34.6 Å². The lowest BCUT2D eigenvalue weighted by Crippen LogP contribution is -2.48. The van der Waals surface area contributed by atoms with Crippen molar-refractivity contribution in [3.63, 3.8) is 0 Å². The van der Waals surface area contributed by atoms with Crippen LogP contribution in [0, 0.1) is 5.82 Å². The van der Waals surface area contributed by atoms with Crippen LogP contribution in [0.15, 0.2) is 42.5 Å². The summed E-state index contributed by atoms with van der Waals surface area (Å²) in [5, 5.41) is 22.1. The molecule has 0 bridgehead atoms. The summed E-state index contributed by atoms with van der Waals surface area (Å²) >= 11 is 0. The van der Waals surface area contributed by atoms with Crippen LogP contribution in [-0.4, -0.2) is 77.8 Å². The number of rotatable bonds is 9. The van der Waals surface area contributed by atoms with Gasteiger partial charge in [0.1, 0.15) is 5.82 Å². The average molecular weight is 571 g/mol. The van der Waals surface area contributed by atoms with Gasteiger partial charge in [0.15, 0.2) is 0 Å². The number of carbonyl (C=O) groups is 4. The van der Waals surface area contributed by atoms with Gasteiger partial charge in [-0.3, -0.25) is 14.5 Å². The molecule has 1 aliphatic heterocycles. The first kappa shape index (κ1) is 32.0. The van der Waals surface area contributed by atoms with E-state index in [1.807, 2.05) is 11.8 Å². The Balaban J connectivity index is 0.000000708. The Morgan fingerprint density at radius 1 is 0.900 bits per heavy atom. The minimum atomic E-state index is -5.08. The van der Waals surface area contributed by atoms with Crippen molar-refractivity contribution in [1.29, 1.82) is 0 Å². The molecule has 0 unspecified atom stereocenters. The first-order chi connectivity index (χ1) is 18.8. The van der Waals surface area contributed by atoms with Crippen LogP contribution in [0.1, 0.15) is 36.5 Å². The lowest BCUT2D eigenvalue weighted by atomic mass is 10.1. The molecule has 0 radical (unpaired) electrons. The zero-order valence-electron chi connectivity index (χ0n) is 21.6. The van der Waals surface area contributed by atoms with Gasteiger partial charge < -0.3 is 25.7 Å². The minimum Gasteiger partial charge on any atom is -0.478 e. The summed E-state index contributed by atoms with van der Waals surface area (Å²) in [6.07, 6.45) is -3.05. The highest BCUT2D eigenvalue weighted by molar-refractivity contribution is 5.97. The van der Waals surface area contributed by atoms with E-state index in [0.717, 1.165) is 18.5 Å². The molecule has 3 rings (SSSR count). The Hall–Kier alpha value is -4.20. The maximum atomic E-state index is 13.0. The molecule has 0 aromatic heterocycles. The molecule has 218 valence electrons. The van der Waals surface area contributed by atoms with Gasteiger partial charge in [0.25, 0.3) is 0 Å². The zero-order chi connectivity index (χ0) is 29.9. The second kappa shape index (κ2) is 14.8. The number of carboxylic acids is 2. The molecule has 1 heterocycles. The summed E-state index contributed by atoms with van der Waals surface area (Å²) < 4.78 is 44.7. The van der Waals surface area contributed by atoms with Gasteiger partial charge >= 0.3 is 18.1 Å². The van der Waals surface area contributed by atoms with Crippen molar-refractivity contribution in [2.45, 2.75) is 32.4 Å². The molecular weight excluding hydrogens is 540 g/mol. The van der Waals surface area contributed by atoms with E-state index >= 15 is 0 Å². The number of anilines is 3. The molecule has 1 saturated heterocycles. The van der Waals surface area contributed by atoms with Crippen molar-refractivity contribution in [3.8, 4) is 0 Å². The summed E-state index contributed by atoms with van der Waals surface area (Å²) in [4.78, 5) is 49.0. The molecule has 0 atom stereocenters. The molecule has 0 spiro atoms. The third-order valence-electron chi connectivity index (χ3n) is 5.73. The Bertz CT molecular complexity index is 1180. The number of aliphatic carboxylic acids is 1. The van der Waals surface area contributed by atoms with Crippen LogP contribution in [0.25, 0.3) is 0 Å². The van der Waals surface area contributed by atoms with E-state index in [4.69, 9.17) is 9.90 Å². The first-order valence-corrected chi connectivity index (χ1v) is 12.3. The topological polar surface area (TPSA) is 139 Å². The Kier molecular flexibility index (Phi) is 11.9. The van der Waals surface area contributed by atoms with Gasteiger partial charge in [-0.1, -0.05) is 13.3 Å². The van der Waals surface area contributed by atoms with Gasteiger partial charge in [0.05, 0.1) is 23.5 Å². The number of nitrogens with zero attached hydrogens (tertiary/aromatic N) is 2. The third kappa shape index (κ3) is 10.5. The maximum Gasteiger partial charge on any atom is 0.490 e. The van der Waals surface area contributed by atoms with Gasteiger partial charge in [0.2, 0.25) is 11.8 Å². The molecule has 0 saturated carbocycles. The fourth-order valence-electron chi connectivity index (χ4n) is 3.68. The molecule has 14 heteroatoms. The molecule has 40 heavy (non-hydrogen) atoms. The minimum absolute atomic E-state index is 0.112. The van der Waals surface area contributed by atoms with Crippen molar-refractivity contribution >= 4 is 40.8 Å². The number of alkyl halides is 3. The number of carboxylic acid groups (broad SMARTS) is 2. The number of halogens is 4. The smallest absolute Gasteiger partial charge is 0.478 e. The SMILES string of the molecule is CCCCC(=O)Nc1cc(C(=O)O)ccc1N1CCN(CC(=O)Nc2ccc(F)cc2)CC1.O=C(O)C(F)(F)F. The molecule has 2 amide bonds. The standard InChI is InChI=1S/C24H29FN4O4.C2HF3O2/c1-2-3-4-22(30)27-20-15-17(24(32)33)5-10-21(20)29-13-11-28(12-14-29)16-23(31)26-19-8-6-18(25)7-9-19;3-2(4,5)1(6)7/h5-10,15H,2-4,11-14,16H2,1H3,(H,26,31)(H,27,30)(H,32,33);(H,6,7). The fraction of sp³-hybridized carbons (Fsp3) is 0.385. The number of aromatic carboxylic acids is 1. The van der Waals surface area contributed by atoms with Crippen LogP contribution in [0.2, 0.25) is 0 Å². The highest BCUT2D eigenvalue weighted by Gasteiger charge is 2.38. The van der Waals surface area contributed by atoms with Gasteiger partial charge in [0, 0.05) is 38.3 Å². The number of amides is 2. The Morgan fingerprint density at radius 2 is 1.50 bits per heavy atom. The lowest BCUT2D eigenvalue weighted by molar-refractivity contribution is -0.192. The quantitative estimate of drug-likeness (QED) is 0.331. The molecule has 1 aliphatic rings. The number of unbranched alkanes of at least 4 members (excludes halogenated alkanes) is 1. The van der Waals surface area contributed by atoms with Crippen LogP contribution >= 0.6 is 0 Å². The lowest BCUT2D eigenvalue weighted by Gasteiger charge is -2.36. The summed E-state index contributed by atoms with van der Waals surface area (Å²) in [5.74, 6) is -4.49. The number of hydrogen-bond acceptors (Lipinski definition) is 6. The van der Waals surface area contributed by atoms with Crippen molar-refractivity contribution in [1.82, 2.24) is 4.90 Å². The largest absolute Gasteiger partial charge is 0.490 e. The Morgan fingerprint density at radius 3 is 2.02 bits per heavy atom. The highest BCUT2D eigenvalue weighted by Crippen LogP contribution is 2.29. The van der Waals surface area contributed by atoms with E-state index in [1.165, 1.54) is 36.4 Å². The summed E-state index contributed by atoms with van der Waals surface area (Å²) in [7, 11) is 0. The maximum absolute atomic E-state index is 13.0. The predicted octanol–water partition coefficient (Wildman–Crippen LogP) is 4.05. The summed E-state index contributed by atoms with van der Waals surface area (Å²) in [6.45, 7) is 4.70. The number of hydrogen-bond donors (Lipinski definition) is 4. The van der Waals surface area contributed by atoms with Crippen molar-refractivity contribution in [2.24, 2.45) is 0 Å². The fourth-order valence-corrected chi connectivity index (χ4v) is 3.68. The number of piperazine rings is 1. The molecule has 10 nitrogen and oxygen atoms in total. The van der Waals surface area contributed by atoms with Gasteiger partial charge in [-0.2, -0.15) is 13.2 Å². The summed E-state index contributed by atoms with van der Waals surface area (Å²) in [5.41, 5.74) is 1.90. The predicted molar refractivity (Wildman–Crippen MR) is 139 cm³/mol. The van der Waals surface area contributed by atoms with E-state index < -0.39 is 18.1 Å². The van der Waals surface area contributed by atoms with E-state index in [9.17, 15) is 37.1 Å². The zero-order valence-corrected chi connectivity index (χ0v) is 21.6. The van der Waals surface area contributed by atoms with E-state index in [2.05, 4.69) is 15.5 Å². The number of benzene rings is 2. The average Bonchev–Trinajstić information content (AvgIpc) is 2.89.